The summed E-state index contributed by atoms with van der Waals surface area (Å²) in [5.41, 5.74) is -1.07. The van der Waals surface area contributed by atoms with E-state index in [1.165, 1.54) is 24.3 Å². The van der Waals surface area contributed by atoms with Crippen LogP contribution >= 0.6 is 0 Å². The second-order valence-electron chi connectivity index (χ2n) is 4.07. The normalized spacial score (nSPS) is 10.5. The molecule has 2 aromatic rings. The summed E-state index contributed by atoms with van der Waals surface area (Å²) in [5, 5.41) is 22.0. The van der Waals surface area contributed by atoms with Crippen LogP contribution in [0.2, 0.25) is 0 Å². The number of carbonyl (C=O) groups excluding carboxylic acids is 2. The molecule has 0 fully saturated rings. The Balaban J connectivity index is 0.00000242. The van der Waals surface area contributed by atoms with Crippen LogP contribution in [0.25, 0.3) is 0 Å². The van der Waals surface area contributed by atoms with Crippen LogP contribution in [0.1, 0.15) is 20.7 Å². The molecular formula is C14H8MgO6S. The van der Waals surface area contributed by atoms with Gasteiger partial charge in [-0.1, -0.05) is 36.4 Å². The summed E-state index contributed by atoms with van der Waals surface area (Å²) in [5.74, 6) is -3.33. The maximum Gasteiger partial charge on any atom is 2.00 e. The molecule has 0 bridgehead atoms. The Morgan fingerprint density at radius 2 is 1.05 bits per heavy atom. The smallest absolute Gasteiger partial charge is 0.545 e. The molecule has 0 saturated heterocycles. The first-order valence-corrected chi connectivity index (χ1v) is 7.20. The van der Waals surface area contributed by atoms with Crippen molar-refractivity contribution in [2.45, 2.75) is 9.79 Å². The fourth-order valence-corrected chi connectivity index (χ4v) is 3.49. The van der Waals surface area contributed by atoms with Crippen molar-refractivity contribution in [1.82, 2.24) is 0 Å². The van der Waals surface area contributed by atoms with Crippen LogP contribution in [0.5, 0.6) is 0 Å². The maximum absolute atomic E-state index is 12.5. The van der Waals surface area contributed by atoms with Crippen molar-refractivity contribution in [3.63, 3.8) is 0 Å². The molecule has 6 nitrogen and oxygen atoms in total. The number of benzene rings is 2. The van der Waals surface area contributed by atoms with Gasteiger partial charge in [-0.15, -0.1) is 0 Å². The number of hydrogen-bond acceptors (Lipinski definition) is 6. The predicted molar refractivity (Wildman–Crippen MR) is 72.8 cm³/mol. The number of rotatable bonds is 4. The van der Waals surface area contributed by atoms with Crippen LogP contribution in [0.15, 0.2) is 58.3 Å². The zero-order valence-electron chi connectivity index (χ0n) is 11.2. The quantitative estimate of drug-likeness (QED) is 0.656. The Morgan fingerprint density at radius 1 is 0.727 bits per heavy atom. The molecule has 0 aromatic heterocycles. The third-order valence-electron chi connectivity index (χ3n) is 2.79. The van der Waals surface area contributed by atoms with E-state index in [9.17, 15) is 28.2 Å². The van der Waals surface area contributed by atoms with E-state index in [-0.39, 0.29) is 23.1 Å². The van der Waals surface area contributed by atoms with Crippen molar-refractivity contribution in [2.24, 2.45) is 0 Å². The van der Waals surface area contributed by atoms with Gasteiger partial charge in [0.1, 0.15) is 0 Å². The predicted octanol–water partition coefficient (Wildman–Crippen LogP) is -1.13. The third-order valence-corrected chi connectivity index (χ3v) is 4.66. The third kappa shape index (κ3) is 3.29. The van der Waals surface area contributed by atoms with Gasteiger partial charge in [0, 0.05) is 11.1 Å². The standard InChI is InChI=1S/C14H10O6S.Mg/c15-13(16)9-5-1-3-7-11(9)21(19,20)12-8-4-2-6-10(12)14(17)18;/h1-8H,(H,15,16)(H,17,18);/q;+2/p-2. The van der Waals surface area contributed by atoms with E-state index < -0.39 is 42.7 Å². The Morgan fingerprint density at radius 3 is 1.36 bits per heavy atom. The summed E-state index contributed by atoms with van der Waals surface area (Å²) >= 11 is 0. The van der Waals surface area contributed by atoms with E-state index in [0.717, 1.165) is 24.3 Å². The average molecular weight is 329 g/mol. The average Bonchev–Trinajstić information content (AvgIpc) is 2.47. The number of hydrogen-bond donors (Lipinski definition) is 0. The van der Waals surface area contributed by atoms with Crippen LogP contribution in [0.4, 0.5) is 0 Å². The van der Waals surface area contributed by atoms with Crippen molar-refractivity contribution in [2.75, 3.05) is 0 Å². The van der Waals surface area contributed by atoms with Gasteiger partial charge in [0.05, 0.1) is 21.7 Å². The molecular weight excluding hydrogens is 321 g/mol. The second kappa shape index (κ2) is 6.90. The SMILES string of the molecule is O=C([O-])c1ccccc1S(=O)(=O)c1ccccc1C(=O)[O-].[Mg+2]. The van der Waals surface area contributed by atoms with Crippen molar-refractivity contribution in [3.05, 3.63) is 59.7 Å². The van der Waals surface area contributed by atoms with E-state index in [0.29, 0.717) is 0 Å². The summed E-state index contributed by atoms with van der Waals surface area (Å²) in [6.07, 6.45) is 0. The number of carboxylic acids is 2. The molecule has 0 saturated carbocycles. The van der Waals surface area contributed by atoms with Gasteiger partial charge in [-0.2, -0.15) is 0 Å². The summed E-state index contributed by atoms with van der Waals surface area (Å²) in [7, 11) is -4.33. The zero-order valence-corrected chi connectivity index (χ0v) is 13.4. The van der Waals surface area contributed by atoms with Gasteiger partial charge >= 0.3 is 23.1 Å². The van der Waals surface area contributed by atoms with Gasteiger partial charge < -0.3 is 19.8 Å². The molecule has 2 aromatic carbocycles. The molecule has 8 heteroatoms. The van der Waals surface area contributed by atoms with Crippen LogP contribution in [-0.4, -0.2) is 43.4 Å². The second-order valence-corrected chi connectivity index (χ2v) is 5.96. The summed E-state index contributed by atoms with van der Waals surface area (Å²) < 4.78 is 25.0. The van der Waals surface area contributed by atoms with Gasteiger partial charge in [-0.05, 0) is 12.1 Å². The van der Waals surface area contributed by atoms with Gasteiger partial charge in [0.15, 0.2) is 0 Å². The van der Waals surface area contributed by atoms with Crippen molar-refractivity contribution in [1.29, 1.82) is 0 Å². The largest absolute Gasteiger partial charge is 2.00 e. The van der Waals surface area contributed by atoms with Crippen LogP contribution in [0, 0.1) is 0 Å². The van der Waals surface area contributed by atoms with Gasteiger partial charge in [0.2, 0.25) is 9.84 Å². The fraction of sp³-hybridized carbons (Fsp3) is 0. The molecule has 0 aliphatic carbocycles. The molecule has 22 heavy (non-hydrogen) atoms. The molecule has 0 radical (unpaired) electrons. The van der Waals surface area contributed by atoms with E-state index in [1.807, 2.05) is 0 Å². The molecule has 0 aliphatic rings. The van der Waals surface area contributed by atoms with Crippen LogP contribution < -0.4 is 10.2 Å². The fourth-order valence-electron chi connectivity index (χ4n) is 1.86. The topological polar surface area (TPSA) is 114 Å². The first kappa shape index (κ1) is 18.1. The monoisotopic (exact) mass is 328 g/mol. The first-order chi connectivity index (χ1) is 9.85. The van der Waals surface area contributed by atoms with Crippen molar-refractivity contribution in [3.8, 4) is 0 Å². The van der Waals surface area contributed by atoms with E-state index in [1.54, 1.807) is 0 Å². The van der Waals surface area contributed by atoms with E-state index in [2.05, 4.69) is 0 Å². The summed E-state index contributed by atoms with van der Waals surface area (Å²) in [6.45, 7) is 0. The number of carbonyl (C=O) groups is 2. The minimum absolute atomic E-state index is 0. The van der Waals surface area contributed by atoms with E-state index in [4.69, 9.17) is 0 Å². The molecule has 0 heterocycles. The minimum Gasteiger partial charge on any atom is -0.545 e. The Labute approximate surface area is 142 Å². The van der Waals surface area contributed by atoms with Crippen LogP contribution in [-0.2, 0) is 9.84 Å². The molecule has 2 rings (SSSR count). The number of aromatic carboxylic acids is 2. The molecule has 0 atom stereocenters. The molecule has 0 amide bonds. The molecule has 0 unspecified atom stereocenters. The summed E-state index contributed by atoms with van der Waals surface area (Å²) in [6, 6.07) is 9.65. The van der Waals surface area contributed by atoms with E-state index >= 15 is 0 Å². The molecule has 108 valence electrons. The zero-order chi connectivity index (χ0) is 15.6. The maximum atomic E-state index is 12.5. The van der Waals surface area contributed by atoms with Crippen LogP contribution in [0.3, 0.4) is 0 Å². The summed E-state index contributed by atoms with van der Waals surface area (Å²) in [4.78, 5) is 21.0. The Kier molecular flexibility index (Phi) is 5.69. The van der Waals surface area contributed by atoms with Gasteiger partial charge in [-0.25, -0.2) is 8.42 Å². The minimum atomic E-state index is -4.33. The van der Waals surface area contributed by atoms with Crippen molar-refractivity contribution >= 4 is 44.8 Å². The Hall–Kier alpha value is -1.90. The van der Waals surface area contributed by atoms with Crippen molar-refractivity contribution < 1.29 is 28.2 Å². The number of sulfone groups is 1. The van der Waals surface area contributed by atoms with Gasteiger partial charge in [0.25, 0.3) is 0 Å². The molecule has 0 N–H and O–H groups in total. The van der Waals surface area contributed by atoms with Gasteiger partial charge in [-0.3, -0.25) is 0 Å². The Bertz CT molecular complexity index is 765. The molecule has 0 aliphatic heterocycles. The molecule has 0 spiro atoms. The number of carboxylic acid groups (broad SMARTS) is 2. The first-order valence-electron chi connectivity index (χ1n) is 5.71.